The van der Waals surface area contributed by atoms with Crippen LogP contribution in [0.1, 0.15) is 22.6 Å². The second-order valence-corrected chi connectivity index (χ2v) is 7.45. The molecule has 9 heteroatoms. The van der Waals surface area contributed by atoms with Crippen LogP contribution in [0.3, 0.4) is 0 Å². The molecule has 142 valence electrons. The van der Waals surface area contributed by atoms with Gasteiger partial charge in [-0.25, -0.2) is 4.98 Å². The zero-order valence-electron chi connectivity index (χ0n) is 15.8. The highest BCUT2D eigenvalue weighted by molar-refractivity contribution is 5.96. The molecule has 0 N–H and O–H groups in total. The van der Waals surface area contributed by atoms with Gasteiger partial charge in [0.2, 0.25) is 5.91 Å². The lowest BCUT2D eigenvalue weighted by molar-refractivity contribution is -0.123. The van der Waals surface area contributed by atoms with E-state index in [1.54, 1.807) is 22.0 Å². The van der Waals surface area contributed by atoms with E-state index in [1.807, 2.05) is 32.1 Å². The Bertz CT molecular complexity index is 878. The Morgan fingerprint density at radius 2 is 1.96 bits per heavy atom. The van der Waals surface area contributed by atoms with Crippen LogP contribution in [-0.2, 0) is 11.8 Å². The van der Waals surface area contributed by atoms with Crippen molar-refractivity contribution in [3.63, 3.8) is 0 Å². The number of piperazine rings is 1. The van der Waals surface area contributed by atoms with Crippen LogP contribution in [0.2, 0.25) is 0 Å². The molecule has 2 aliphatic rings. The molecule has 0 aromatic carbocycles. The Morgan fingerprint density at radius 1 is 1.15 bits per heavy atom. The molecule has 1 spiro atoms. The minimum atomic E-state index is -0.266. The van der Waals surface area contributed by atoms with Gasteiger partial charge in [-0.3, -0.25) is 24.2 Å². The lowest BCUT2D eigenvalue weighted by Crippen LogP contribution is -2.64. The van der Waals surface area contributed by atoms with E-state index in [4.69, 9.17) is 0 Å². The number of likely N-dealkylation sites (tertiary alicyclic amines) is 1. The van der Waals surface area contributed by atoms with E-state index in [0.29, 0.717) is 31.9 Å². The van der Waals surface area contributed by atoms with Crippen LogP contribution >= 0.6 is 0 Å². The van der Waals surface area contributed by atoms with Crippen molar-refractivity contribution < 1.29 is 9.59 Å². The van der Waals surface area contributed by atoms with Crippen LogP contribution in [0.4, 0.5) is 5.69 Å². The van der Waals surface area contributed by atoms with Crippen molar-refractivity contribution in [2.75, 3.05) is 38.1 Å². The van der Waals surface area contributed by atoms with Gasteiger partial charge in [0.25, 0.3) is 5.91 Å². The molecule has 1 atom stereocenters. The number of aromatic nitrogens is 4. The number of rotatable bonds is 2. The fraction of sp³-hybridized carbons (Fsp3) is 0.500. The molecule has 2 saturated heterocycles. The van der Waals surface area contributed by atoms with Crippen molar-refractivity contribution in [1.29, 1.82) is 0 Å². The van der Waals surface area contributed by atoms with Gasteiger partial charge >= 0.3 is 0 Å². The monoisotopic (exact) mass is 369 g/mol. The number of carbonyl (C=O) groups is 2. The number of aryl methyl sites for hydroxylation is 2. The summed E-state index contributed by atoms with van der Waals surface area (Å²) in [5, 5.41) is 4.18. The molecule has 2 amide bonds. The summed E-state index contributed by atoms with van der Waals surface area (Å²) >= 11 is 0. The van der Waals surface area contributed by atoms with Crippen molar-refractivity contribution in [1.82, 2.24) is 29.5 Å². The summed E-state index contributed by atoms with van der Waals surface area (Å²) in [4.78, 5) is 39.5. The average Bonchev–Trinajstić information content (AvgIpc) is 3.26. The predicted molar refractivity (Wildman–Crippen MR) is 98.2 cm³/mol. The summed E-state index contributed by atoms with van der Waals surface area (Å²) < 4.78 is 1.69. The molecule has 1 unspecified atom stereocenters. The summed E-state index contributed by atoms with van der Waals surface area (Å²) in [5.74, 6) is -0.0668. The van der Waals surface area contributed by atoms with Gasteiger partial charge in [-0.1, -0.05) is 0 Å². The smallest absolute Gasteiger partial charge is 0.274 e. The molecule has 2 fully saturated rings. The topological polar surface area (TPSA) is 87.5 Å². The molecule has 4 rings (SSSR count). The van der Waals surface area contributed by atoms with Crippen molar-refractivity contribution in [3.05, 3.63) is 36.2 Å². The Labute approximate surface area is 157 Å². The van der Waals surface area contributed by atoms with Gasteiger partial charge in [0.15, 0.2) is 0 Å². The summed E-state index contributed by atoms with van der Waals surface area (Å²) in [6.45, 7) is 3.89. The maximum Gasteiger partial charge on any atom is 0.274 e. The van der Waals surface area contributed by atoms with Gasteiger partial charge in [-0.05, 0) is 20.4 Å². The molecule has 9 nitrogen and oxygen atoms in total. The van der Waals surface area contributed by atoms with Crippen LogP contribution in [0.5, 0.6) is 0 Å². The minimum absolute atomic E-state index is 0.0466. The SMILES string of the molecule is Cc1cnc(C(=O)N2CCC3(C2)CN(c2cnn(C)c2)C(=O)CN3C)cn1. The summed E-state index contributed by atoms with van der Waals surface area (Å²) in [6.07, 6.45) is 7.49. The van der Waals surface area contributed by atoms with Crippen molar-refractivity contribution in [2.45, 2.75) is 18.9 Å². The first kappa shape index (κ1) is 17.6. The molecule has 0 radical (unpaired) electrons. The second-order valence-electron chi connectivity index (χ2n) is 7.45. The van der Waals surface area contributed by atoms with E-state index in [-0.39, 0.29) is 17.4 Å². The number of anilines is 1. The van der Waals surface area contributed by atoms with Crippen molar-refractivity contribution in [2.24, 2.45) is 7.05 Å². The number of carbonyl (C=O) groups excluding carboxylic acids is 2. The minimum Gasteiger partial charge on any atom is -0.335 e. The van der Waals surface area contributed by atoms with Crippen LogP contribution < -0.4 is 4.90 Å². The summed E-state index contributed by atoms with van der Waals surface area (Å²) in [6, 6.07) is 0. The predicted octanol–water partition coefficient (Wildman–Crippen LogP) is 0.0818. The van der Waals surface area contributed by atoms with Crippen LogP contribution in [-0.4, -0.2) is 80.1 Å². The summed E-state index contributed by atoms with van der Waals surface area (Å²) in [5.41, 5.74) is 1.67. The number of nitrogens with zero attached hydrogens (tertiary/aromatic N) is 7. The molecule has 27 heavy (non-hydrogen) atoms. The molecule has 0 aliphatic carbocycles. The highest BCUT2D eigenvalue weighted by atomic mass is 16.2. The molecular weight excluding hydrogens is 346 g/mol. The molecule has 4 heterocycles. The van der Waals surface area contributed by atoms with Gasteiger partial charge in [-0.2, -0.15) is 5.10 Å². The molecule has 2 aromatic heterocycles. The first-order valence-electron chi connectivity index (χ1n) is 8.96. The standard InChI is InChI=1S/C18H23N7O2/c1-13-6-20-15(8-19-13)17(27)24-5-4-18(11-24)12-25(16(26)10-22(18)2)14-7-21-23(3)9-14/h6-9H,4-5,10-12H2,1-3H3. The largest absolute Gasteiger partial charge is 0.335 e. The zero-order valence-corrected chi connectivity index (χ0v) is 15.8. The fourth-order valence-electron chi connectivity index (χ4n) is 3.88. The molecule has 2 aromatic rings. The lowest BCUT2D eigenvalue weighted by atomic mass is 9.93. The van der Waals surface area contributed by atoms with Gasteiger partial charge < -0.3 is 9.80 Å². The Morgan fingerprint density at radius 3 is 2.63 bits per heavy atom. The maximum atomic E-state index is 12.8. The third-order valence-electron chi connectivity index (χ3n) is 5.56. The first-order chi connectivity index (χ1) is 12.9. The van der Waals surface area contributed by atoms with Crippen LogP contribution in [0.25, 0.3) is 0 Å². The van der Waals surface area contributed by atoms with Gasteiger partial charge in [0, 0.05) is 39.1 Å². The maximum absolute atomic E-state index is 12.8. The average molecular weight is 369 g/mol. The van der Waals surface area contributed by atoms with E-state index >= 15 is 0 Å². The highest BCUT2D eigenvalue weighted by Crippen LogP contribution is 2.33. The van der Waals surface area contributed by atoms with E-state index in [1.165, 1.54) is 6.20 Å². The Balaban J connectivity index is 1.55. The third-order valence-corrected chi connectivity index (χ3v) is 5.56. The number of likely N-dealkylation sites (N-methyl/N-ethyl adjacent to an activating group) is 1. The van der Waals surface area contributed by atoms with Crippen molar-refractivity contribution in [3.8, 4) is 0 Å². The summed E-state index contributed by atoms with van der Waals surface area (Å²) in [7, 11) is 3.79. The van der Waals surface area contributed by atoms with Crippen molar-refractivity contribution >= 4 is 17.5 Å². The van der Waals surface area contributed by atoms with E-state index in [9.17, 15) is 9.59 Å². The van der Waals surface area contributed by atoms with E-state index < -0.39 is 0 Å². The quantitative estimate of drug-likeness (QED) is 0.745. The zero-order chi connectivity index (χ0) is 19.2. The van der Waals surface area contributed by atoms with Crippen LogP contribution in [0, 0.1) is 6.92 Å². The normalized spacial score (nSPS) is 23.4. The molecular formula is C18H23N7O2. The lowest BCUT2D eigenvalue weighted by Gasteiger charge is -2.46. The number of hydrogen-bond acceptors (Lipinski definition) is 6. The third kappa shape index (κ3) is 3.08. The molecule has 0 bridgehead atoms. The van der Waals surface area contributed by atoms with E-state index in [0.717, 1.165) is 17.8 Å². The molecule has 2 aliphatic heterocycles. The number of hydrogen-bond donors (Lipinski definition) is 0. The van der Waals surface area contributed by atoms with Gasteiger partial charge in [0.05, 0.1) is 35.9 Å². The molecule has 0 saturated carbocycles. The van der Waals surface area contributed by atoms with E-state index in [2.05, 4.69) is 20.0 Å². The van der Waals surface area contributed by atoms with Gasteiger partial charge in [0.1, 0.15) is 5.69 Å². The second kappa shape index (κ2) is 6.41. The Kier molecular flexibility index (Phi) is 4.18. The first-order valence-corrected chi connectivity index (χ1v) is 8.96. The number of amides is 2. The van der Waals surface area contributed by atoms with Crippen LogP contribution in [0.15, 0.2) is 24.8 Å². The fourth-order valence-corrected chi connectivity index (χ4v) is 3.88. The highest BCUT2D eigenvalue weighted by Gasteiger charge is 2.49. The van der Waals surface area contributed by atoms with Gasteiger partial charge in [-0.15, -0.1) is 0 Å². The Hall–Kier alpha value is -2.81.